The Kier molecular flexibility index (Phi) is 4.72. The first-order valence-corrected chi connectivity index (χ1v) is 6.57. The van der Waals surface area contributed by atoms with Crippen LogP contribution in [0.4, 0.5) is 18.9 Å². The van der Waals surface area contributed by atoms with Crippen LogP contribution >= 0.6 is 0 Å². The van der Waals surface area contributed by atoms with E-state index in [9.17, 15) is 18.0 Å². The number of anilines is 1. The number of para-hydroxylation sites is 1. The number of nitrogens with zero attached hydrogens (tertiary/aromatic N) is 1. The molecule has 1 N–H and O–H groups in total. The smallest absolute Gasteiger partial charge is 0.411 e. The molecule has 116 valence electrons. The Bertz CT molecular complexity index is 504. The molecular weight excluding hydrogens is 287 g/mol. The van der Waals surface area contributed by atoms with E-state index in [1.807, 2.05) is 24.3 Å². The zero-order valence-electron chi connectivity index (χ0n) is 11.3. The predicted molar refractivity (Wildman–Crippen MR) is 70.4 cm³/mol. The molecule has 0 bridgehead atoms. The van der Waals surface area contributed by atoms with E-state index in [1.165, 1.54) is 0 Å². The molecule has 21 heavy (non-hydrogen) atoms. The van der Waals surface area contributed by atoms with Crippen molar-refractivity contribution in [2.75, 3.05) is 31.2 Å². The van der Waals surface area contributed by atoms with Gasteiger partial charge in [-0.1, -0.05) is 18.2 Å². The van der Waals surface area contributed by atoms with E-state index in [1.54, 1.807) is 4.90 Å². The molecule has 1 aromatic carbocycles. The van der Waals surface area contributed by atoms with Crippen LogP contribution in [0.25, 0.3) is 0 Å². The van der Waals surface area contributed by atoms with E-state index in [-0.39, 0.29) is 19.7 Å². The van der Waals surface area contributed by atoms with Crippen molar-refractivity contribution >= 4 is 11.7 Å². The molecule has 7 heteroatoms. The minimum absolute atomic E-state index is 0.0970. The van der Waals surface area contributed by atoms with Crippen LogP contribution in [-0.4, -0.2) is 43.6 Å². The molecule has 0 amide bonds. The number of hydrogen-bond acceptors (Lipinski definition) is 3. The summed E-state index contributed by atoms with van der Waals surface area (Å²) < 4.78 is 40.6. The highest BCUT2D eigenvalue weighted by molar-refractivity contribution is 5.73. The molecule has 0 radical (unpaired) electrons. The first kappa shape index (κ1) is 15.6. The van der Waals surface area contributed by atoms with Gasteiger partial charge in [0, 0.05) is 18.8 Å². The fourth-order valence-corrected chi connectivity index (χ4v) is 2.43. The molecule has 4 nitrogen and oxygen atoms in total. The second-order valence-electron chi connectivity index (χ2n) is 4.98. The molecule has 1 atom stereocenters. The maximum absolute atomic E-state index is 12.0. The van der Waals surface area contributed by atoms with Gasteiger partial charge in [0.05, 0.1) is 12.5 Å². The minimum Gasteiger partial charge on any atom is -0.481 e. The lowest BCUT2D eigenvalue weighted by Crippen LogP contribution is -2.40. The Morgan fingerprint density at radius 3 is 2.76 bits per heavy atom. The van der Waals surface area contributed by atoms with Gasteiger partial charge in [0.15, 0.2) is 0 Å². The molecule has 0 aromatic heterocycles. The van der Waals surface area contributed by atoms with Crippen LogP contribution in [0.3, 0.4) is 0 Å². The third kappa shape index (κ3) is 4.35. The SMILES string of the molecule is O=C(O)C1Cc2ccccc2N(CCOCC(F)(F)F)C1. The fourth-order valence-electron chi connectivity index (χ4n) is 2.43. The van der Waals surface area contributed by atoms with Gasteiger partial charge in [-0.3, -0.25) is 4.79 Å². The summed E-state index contributed by atoms with van der Waals surface area (Å²) in [6.07, 6.45) is -3.91. The number of aliphatic carboxylic acids is 1. The number of carbonyl (C=O) groups is 1. The number of benzene rings is 1. The number of halogens is 3. The van der Waals surface area contributed by atoms with Crippen LogP contribution in [0, 0.1) is 5.92 Å². The van der Waals surface area contributed by atoms with E-state index < -0.39 is 24.7 Å². The number of carboxylic acid groups (broad SMARTS) is 1. The normalized spacial score (nSPS) is 18.4. The van der Waals surface area contributed by atoms with E-state index in [4.69, 9.17) is 5.11 Å². The lowest BCUT2D eigenvalue weighted by Gasteiger charge is -2.34. The van der Waals surface area contributed by atoms with Crippen LogP contribution in [0.5, 0.6) is 0 Å². The van der Waals surface area contributed by atoms with Gasteiger partial charge in [-0.25, -0.2) is 0 Å². The third-order valence-corrected chi connectivity index (χ3v) is 3.36. The molecule has 1 aliphatic heterocycles. The Morgan fingerprint density at radius 1 is 1.38 bits per heavy atom. The number of ether oxygens (including phenoxy) is 1. The summed E-state index contributed by atoms with van der Waals surface area (Å²) in [5.41, 5.74) is 1.76. The zero-order chi connectivity index (χ0) is 15.5. The minimum atomic E-state index is -4.34. The van der Waals surface area contributed by atoms with Crippen molar-refractivity contribution in [3.63, 3.8) is 0 Å². The Morgan fingerprint density at radius 2 is 2.10 bits per heavy atom. The summed E-state index contributed by atoms with van der Waals surface area (Å²) >= 11 is 0. The Hall–Kier alpha value is -1.76. The molecule has 1 heterocycles. The predicted octanol–water partition coefficient (Wildman–Crippen LogP) is 2.33. The van der Waals surface area contributed by atoms with E-state index in [0.29, 0.717) is 6.42 Å². The fraction of sp³-hybridized carbons (Fsp3) is 0.500. The number of fused-ring (bicyclic) bond motifs is 1. The molecule has 0 fully saturated rings. The molecule has 0 spiro atoms. The van der Waals surface area contributed by atoms with Crippen molar-refractivity contribution in [2.24, 2.45) is 5.92 Å². The second kappa shape index (κ2) is 6.34. The van der Waals surface area contributed by atoms with Crippen molar-refractivity contribution in [2.45, 2.75) is 12.6 Å². The Labute approximate surface area is 120 Å². The largest absolute Gasteiger partial charge is 0.481 e. The summed E-state index contributed by atoms with van der Waals surface area (Å²) in [6, 6.07) is 7.33. The van der Waals surface area contributed by atoms with E-state index in [2.05, 4.69) is 4.74 Å². The van der Waals surface area contributed by atoms with Gasteiger partial charge in [-0.05, 0) is 18.1 Å². The van der Waals surface area contributed by atoms with Crippen LogP contribution in [-0.2, 0) is 16.0 Å². The highest BCUT2D eigenvalue weighted by Gasteiger charge is 2.30. The van der Waals surface area contributed by atoms with Crippen LogP contribution < -0.4 is 4.90 Å². The average Bonchev–Trinajstić information content (AvgIpc) is 2.42. The molecule has 0 saturated heterocycles. The highest BCUT2D eigenvalue weighted by Crippen LogP contribution is 2.29. The van der Waals surface area contributed by atoms with Crippen molar-refractivity contribution < 1.29 is 27.8 Å². The summed E-state index contributed by atoms with van der Waals surface area (Å²) in [7, 11) is 0. The van der Waals surface area contributed by atoms with Crippen molar-refractivity contribution in [1.82, 2.24) is 0 Å². The standard InChI is InChI=1S/C14H16F3NO3/c15-14(16,17)9-21-6-5-18-8-11(13(19)20)7-10-3-1-2-4-12(10)18/h1-4,11H,5-9H2,(H,19,20). The van der Waals surface area contributed by atoms with Gasteiger partial charge in [0.2, 0.25) is 0 Å². The summed E-state index contributed by atoms with van der Waals surface area (Å²) in [6.45, 7) is -0.871. The monoisotopic (exact) mass is 303 g/mol. The molecule has 2 rings (SSSR count). The van der Waals surface area contributed by atoms with Gasteiger partial charge in [0.25, 0.3) is 0 Å². The van der Waals surface area contributed by atoms with E-state index >= 15 is 0 Å². The number of carboxylic acids is 1. The first-order valence-electron chi connectivity index (χ1n) is 6.57. The van der Waals surface area contributed by atoms with Gasteiger partial charge in [0.1, 0.15) is 6.61 Å². The summed E-state index contributed by atoms with van der Waals surface area (Å²) in [5.74, 6) is -1.45. The maximum Gasteiger partial charge on any atom is 0.411 e. The van der Waals surface area contributed by atoms with Gasteiger partial charge in [-0.15, -0.1) is 0 Å². The lowest BCUT2D eigenvalue weighted by atomic mass is 9.92. The molecule has 0 saturated carbocycles. The van der Waals surface area contributed by atoms with Gasteiger partial charge < -0.3 is 14.7 Å². The van der Waals surface area contributed by atoms with Gasteiger partial charge in [-0.2, -0.15) is 13.2 Å². The first-order chi connectivity index (χ1) is 9.87. The van der Waals surface area contributed by atoms with Crippen LogP contribution in [0.2, 0.25) is 0 Å². The van der Waals surface area contributed by atoms with Gasteiger partial charge >= 0.3 is 12.1 Å². The lowest BCUT2D eigenvalue weighted by molar-refractivity contribution is -0.173. The molecule has 1 unspecified atom stereocenters. The number of alkyl halides is 3. The second-order valence-corrected chi connectivity index (χ2v) is 4.98. The summed E-state index contributed by atoms with van der Waals surface area (Å²) in [4.78, 5) is 12.9. The zero-order valence-corrected chi connectivity index (χ0v) is 11.3. The molecule has 1 aliphatic rings. The average molecular weight is 303 g/mol. The topological polar surface area (TPSA) is 49.8 Å². The van der Waals surface area contributed by atoms with Crippen LogP contribution in [0.1, 0.15) is 5.56 Å². The maximum atomic E-state index is 12.0. The molecular formula is C14H16F3NO3. The third-order valence-electron chi connectivity index (χ3n) is 3.36. The van der Waals surface area contributed by atoms with Crippen molar-refractivity contribution in [3.05, 3.63) is 29.8 Å². The van der Waals surface area contributed by atoms with Crippen molar-refractivity contribution in [1.29, 1.82) is 0 Å². The van der Waals surface area contributed by atoms with Crippen LogP contribution in [0.15, 0.2) is 24.3 Å². The summed E-state index contributed by atoms with van der Waals surface area (Å²) in [5, 5.41) is 9.15. The molecule has 0 aliphatic carbocycles. The highest BCUT2D eigenvalue weighted by atomic mass is 19.4. The molecule has 1 aromatic rings. The van der Waals surface area contributed by atoms with Crippen molar-refractivity contribution in [3.8, 4) is 0 Å². The number of hydrogen-bond donors (Lipinski definition) is 1. The Balaban J connectivity index is 1.99. The quantitative estimate of drug-likeness (QED) is 0.848. The van der Waals surface area contributed by atoms with E-state index in [0.717, 1.165) is 11.3 Å². The number of rotatable bonds is 5.